The first kappa shape index (κ1) is 13.6. The molecule has 0 saturated carbocycles. The summed E-state index contributed by atoms with van der Waals surface area (Å²) in [6.45, 7) is 5.87. The van der Waals surface area contributed by atoms with E-state index in [1.165, 1.54) is 0 Å². The molecule has 0 radical (unpaired) electrons. The number of carbonyl (C=O) groups is 1. The predicted octanol–water partition coefficient (Wildman–Crippen LogP) is 3.47. The number of phenolic OH excluding ortho intramolecular Hbond substituents is 1. The van der Waals surface area contributed by atoms with Gasteiger partial charge >= 0.3 is 0 Å². The van der Waals surface area contributed by atoms with E-state index >= 15 is 0 Å². The van der Waals surface area contributed by atoms with Crippen LogP contribution in [0.15, 0.2) is 18.2 Å². The Morgan fingerprint density at radius 3 is 2.76 bits per heavy atom. The molecule has 1 aromatic rings. The first-order valence-electron chi connectivity index (χ1n) is 6.15. The van der Waals surface area contributed by atoms with E-state index in [0.29, 0.717) is 5.69 Å². The van der Waals surface area contributed by atoms with Gasteiger partial charge in [-0.15, -0.1) is 0 Å². The molecule has 0 heterocycles. The van der Waals surface area contributed by atoms with Crippen molar-refractivity contribution < 1.29 is 9.90 Å². The Kier molecular flexibility index (Phi) is 5.01. The predicted molar refractivity (Wildman–Crippen MR) is 70.2 cm³/mol. The molecule has 3 heteroatoms. The van der Waals surface area contributed by atoms with Gasteiger partial charge in [-0.2, -0.15) is 0 Å². The van der Waals surface area contributed by atoms with Crippen LogP contribution in [0.4, 0.5) is 5.69 Å². The van der Waals surface area contributed by atoms with Crippen LogP contribution in [0.1, 0.15) is 38.7 Å². The zero-order valence-corrected chi connectivity index (χ0v) is 10.8. The van der Waals surface area contributed by atoms with Crippen LogP contribution in [0.3, 0.4) is 0 Å². The quantitative estimate of drug-likeness (QED) is 0.821. The number of hydrogen-bond acceptors (Lipinski definition) is 2. The Bertz CT molecular complexity index is 388. The number of carbonyl (C=O) groups excluding carboxylic acids is 1. The molecule has 1 rings (SSSR count). The maximum Gasteiger partial charge on any atom is 0.227 e. The average molecular weight is 235 g/mol. The number of phenols is 1. The lowest BCUT2D eigenvalue weighted by Gasteiger charge is -2.12. The molecule has 0 spiro atoms. The van der Waals surface area contributed by atoms with Crippen molar-refractivity contribution in [1.82, 2.24) is 0 Å². The first-order valence-corrected chi connectivity index (χ1v) is 6.15. The standard InChI is InChI=1S/C14H21NO2/c1-4-5-6-11(3)14(17)15-12-8-7-10(2)13(16)9-12/h7-9,11,16H,4-6H2,1-3H3,(H,15,17). The van der Waals surface area contributed by atoms with Gasteiger partial charge < -0.3 is 10.4 Å². The van der Waals surface area contributed by atoms with Crippen LogP contribution in [0.25, 0.3) is 0 Å². The van der Waals surface area contributed by atoms with Gasteiger partial charge in [0.25, 0.3) is 0 Å². The lowest BCUT2D eigenvalue weighted by atomic mass is 10.0. The van der Waals surface area contributed by atoms with Gasteiger partial charge in [-0.3, -0.25) is 4.79 Å². The number of unbranched alkanes of at least 4 members (excludes halogenated alkanes) is 1. The highest BCUT2D eigenvalue weighted by atomic mass is 16.3. The number of aromatic hydroxyl groups is 1. The Balaban J connectivity index is 2.58. The second kappa shape index (κ2) is 6.28. The summed E-state index contributed by atoms with van der Waals surface area (Å²) in [6.07, 6.45) is 3.07. The molecule has 3 nitrogen and oxygen atoms in total. The smallest absolute Gasteiger partial charge is 0.227 e. The van der Waals surface area contributed by atoms with Gasteiger partial charge in [0, 0.05) is 17.7 Å². The molecule has 0 fully saturated rings. The van der Waals surface area contributed by atoms with E-state index in [1.807, 2.05) is 13.8 Å². The summed E-state index contributed by atoms with van der Waals surface area (Å²) >= 11 is 0. The van der Waals surface area contributed by atoms with Crippen LogP contribution in [-0.2, 0) is 4.79 Å². The van der Waals surface area contributed by atoms with Gasteiger partial charge in [0.05, 0.1) is 0 Å². The van der Waals surface area contributed by atoms with Crippen molar-refractivity contribution in [2.45, 2.75) is 40.0 Å². The van der Waals surface area contributed by atoms with Crippen molar-refractivity contribution in [3.8, 4) is 5.75 Å². The van der Waals surface area contributed by atoms with Gasteiger partial charge in [0.2, 0.25) is 5.91 Å². The summed E-state index contributed by atoms with van der Waals surface area (Å²) in [5.74, 6) is 0.240. The monoisotopic (exact) mass is 235 g/mol. The number of hydrogen-bond donors (Lipinski definition) is 2. The number of amides is 1. The largest absolute Gasteiger partial charge is 0.508 e. The Morgan fingerprint density at radius 2 is 2.18 bits per heavy atom. The molecule has 94 valence electrons. The van der Waals surface area contributed by atoms with E-state index in [9.17, 15) is 9.90 Å². The minimum absolute atomic E-state index is 0.0124. The number of rotatable bonds is 5. The van der Waals surface area contributed by atoms with Crippen LogP contribution < -0.4 is 5.32 Å². The number of anilines is 1. The molecule has 2 N–H and O–H groups in total. The Hall–Kier alpha value is -1.51. The van der Waals surface area contributed by atoms with Crippen LogP contribution in [0.2, 0.25) is 0 Å². The maximum absolute atomic E-state index is 11.8. The highest BCUT2D eigenvalue weighted by molar-refractivity contribution is 5.92. The van der Waals surface area contributed by atoms with E-state index < -0.39 is 0 Å². The minimum atomic E-state index is 0.0124. The molecule has 17 heavy (non-hydrogen) atoms. The van der Waals surface area contributed by atoms with Crippen molar-refractivity contribution in [2.24, 2.45) is 5.92 Å². The third kappa shape index (κ3) is 4.10. The molecule has 1 amide bonds. The fourth-order valence-electron chi connectivity index (χ4n) is 1.59. The van der Waals surface area contributed by atoms with Crippen molar-refractivity contribution in [3.63, 3.8) is 0 Å². The lowest BCUT2D eigenvalue weighted by Crippen LogP contribution is -2.20. The molecule has 1 aromatic carbocycles. The average Bonchev–Trinajstić information content (AvgIpc) is 2.30. The van der Waals surface area contributed by atoms with E-state index in [2.05, 4.69) is 12.2 Å². The summed E-state index contributed by atoms with van der Waals surface area (Å²) in [6, 6.07) is 5.18. The van der Waals surface area contributed by atoms with E-state index in [-0.39, 0.29) is 17.6 Å². The summed E-state index contributed by atoms with van der Waals surface area (Å²) in [5.41, 5.74) is 1.46. The summed E-state index contributed by atoms with van der Waals surface area (Å²) in [4.78, 5) is 11.8. The molecule has 0 aromatic heterocycles. The first-order chi connectivity index (χ1) is 8.04. The zero-order chi connectivity index (χ0) is 12.8. The Labute approximate surface area is 103 Å². The molecule has 0 saturated heterocycles. The molecule has 1 atom stereocenters. The molecule has 0 bridgehead atoms. The summed E-state index contributed by atoms with van der Waals surface area (Å²) in [5, 5.41) is 12.4. The van der Waals surface area contributed by atoms with Gasteiger partial charge in [0.15, 0.2) is 0 Å². The molecular formula is C14H21NO2. The molecule has 0 aliphatic rings. The molecule has 0 aliphatic carbocycles. The van der Waals surface area contributed by atoms with Gasteiger partial charge in [0.1, 0.15) is 5.75 Å². The highest BCUT2D eigenvalue weighted by Crippen LogP contribution is 2.21. The SMILES string of the molecule is CCCCC(C)C(=O)Nc1ccc(C)c(O)c1. The van der Waals surface area contributed by atoms with Crippen LogP contribution >= 0.6 is 0 Å². The normalized spacial score (nSPS) is 12.2. The third-order valence-electron chi connectivity index (χ3n) is 2.91. The second-order valence-corrected chi connectivity index (χ2v) is 4.53. The van der Waals surface area contributed by atoms with Crippen molar-refractivity contribution in [1.29, 1.82) is 0 Å². The third-order valence-corrected chi connectivity index (χ3v) is 2.91. The minimum Gasteiger partial charge on any atom is -0.508 e. The van der Waals surface area contributed by atoms with Crippen molar-refractivity contribution >= 4 is 11.6 Å². The molecule has 0 aliphatic heterocycles. The van der Waals surface area contributed by atoms with Crippen molar-refractivity contribution in [2.75, 3.05) is 5.32 Å². The number of benzene rings is 1. The zero-order valence-electron chi connectivity index (χ0n) is 10.8. The lowest BCUT2D eigenvalue weighted by molar-refractivity contribution is -0.119. The van der Waals surface area contributed by atoms with E-state index in [1.54, 1.807) is 18.2 Å². The number of aryl methyl sites for hydroxylation is 1. The second-order valence-electron chi connectivity index (χ2n) is 4.53. The van der Waals surface area contributed by atoms with E-state index in [0.717, 1.165) is 24.8 Å². The van der Waals surface area contributed by atoms with Crippen LogP contribution in [-0.4, -0.2) is 11.0 Å². The van der Waals surface area contributed by atoms with Gasteiger partial charge in [-0.05, 0) is 25.0 Å². The highest BCUT2D eigenvalue weighted by Gasteiger charge is 2.12. The fourth-order valence-corrected chi connectivity index (χ4v) is 1.59. The fraction of sp³-hybridized carbons (Fsp3) is 0.500. The van der Waals surface area contributed by atoms with Gasteiger partial charge in [-0.1, -0.05) is 32.8 Å². The van der Waals surface area contributed by atoms with Gasteiger partial charge in [-0.25, -0.2) is 0 Å². The number of nitrogens with one attached hydrogen (secondary N) is 1. The van der Waals surface area contributed by atoms with E-state index in [4.69, 9.17) is 0 Å². The Morgan fingerprint density at radius 1 is 1.47 bits per heavy atom. The molecular weight excluding hydrogens is 214 g/mol. The van der Waals surface area contributed by atoms with Crippen LogP contribution in [0, 0.1) is 12.8 Å². The molecule has 1 unspecified atom stereocenters. The van der Waals surface area contributed by atoms with Crippen LogP contribution in [0.5, 0.6) is 5.75 Å². The maximum atomic E-state index is 11.8. The van der Waals surface area contributed by atoms with Crippen molar-refractivity contribution in [3.05, 3.63) is 23.8 Å². The summed E-state index contributed by atoms with van der Waals surface area (Å²) in [7, 11) is 0. The summed E-state index contributed by atoms with van der Waals surface area (Å²) < 4.78 is 0. The topological polar surface area (TPSA) is 49.3 Å².